The molecule has 0 amide bonds. The molecule has 0 saturated carbocycles. The Morgan fingerprint density at radius 2 is 2.38 bits per heavy atom. The molecule has 1 unspecified atom stereocenters. The predicted octanol–water partition coefficient (Wildman–Crippen LogP) is 2.11. The second kappa shape index (κ2) is 5.90. The molecular weight excluding hydrogens is 270 g/mol. The van der Waals surface area contributed by atoms with Gasteiger partial charge in [0.25, 0.3) is 0 Å². The quantitative estimate of drug-likeness (QED) is 0.898. The summed E-state index contributed by atoms with van der Waals surface area (Å²) in [6.07, 6.45) is 0.843. The first kappa shape index (κ1) is 11.4. The molecule has 0 aromatic carbocycles. The van der Waals surface area contributed by atoms with E-state index in [-0.39, 0.29) is 0 Å². The van der Waals surface area contributed by atoms with E-state index in [9.17, 15) is 4.21 Å². The number of rotatable bonds is 5. The van der Waals surface area contributed by atoms with Crippen LogP contribution in [0.25, 0.3) is 0 Å². The molecule has 0 aliphatic heterocycles. The lowest BCUT2D eigenvalue weighted by Crippen LogP contribution is -2.07. The zero-order chi connectivity index (χ0) is 9.68. The summed E-state index contributed by atoms with van der Waals surface area (Å²) in [5, 5.41) is 2.00. The smallest absolute Gasteiger partial charge is 0.0591 e. The van der Waals surface area contributed by atoms with E-state index >= 15 is 0 Å². The van der Waals surface area contributed by atoms with E-state index in [4.69, 9.17) is 5.73 Å². The van der Waals surface area contributed by atoms with Gasteiger partial charge < -0.3 is 5.73 Å². The number of hydrogen-bond donors (Lipinski definition) is 1. The molecule has 0 aliphatic rings. The van der Waals surface area contributed by atoms with Gasteiger partial charge in [-0.1, -0.05) is 0 Å². The van der Waals surface area contributed by atoms with Crippen LogP contribution in [0.2, 0.25) is 0 Å². The van der Waals surface area contributed by atoms with Crippen molar-refractivity contribution < 1.29 is 4.21 Å². The van der Waals surface area contributed by atoms with Gasteiger partial charge in [0.2, 0.25) is 0 Å². The summed E-state index contributed by atoms with van der Waals surface area (Å²) >= 11 is 5.05. The Kier molecular flexibility index (Phi) is 5.16. The van der Waals surface area contributed by atoms with Crippen molar-refractivity contribution in [2.75, 3.05) is 12.3 Å². The summed E-state index contributed by atoms with van der Waals surface area (Å²) in [6.45, 7) is 0.622. The minimum atomic E-state index is -0.759. The molecule has 0 bridgehead atoms. The van der Waals surface area contributed by atoms with Crippen molar-refractivity contribution in [3.8, 4) is 0 Å². The van der Waals surface area contributed by atoms with Crippen LogP contribution in [0.5, 0.6) is 0 Å². The number of nitrogens with two attached hydrogens (primary N) is 1. The van der Waals surface area contributed by atoms with Gasteiger partial charge in [0.1, 0.15) is 0 Å². The van der Waals surface area contributed by atoms with Crippen LogP contribution in [0.1, 0.15) is 11.3 Å². The van der Waals surface area contributed by atoms with Gasteiger partial charge in [-0.3, -0.25) is 4.21 Å². The van der Waals surface area contributed by atoms with Crippen LogP contribution in [-0.4, -0.2) is 16.5 Å². The fourth-order valence-corrected chi connectivity index (χ4v) is 4.10. The van der Waals surface area contributed by atoms with Crippen LogP contribution in [0.3, 0.4) is 0 Å². The average Bonchev–Trinajstić information content (AvgIpc) is 2.48. The van der Waals surface area contributed by atoms with E-state index in [1.54, 1.807) is 11.3 Å². The maximum atomic E-state index is 11.5. The monoisotopic (exact) mass is 281 g/mol. The lowest BCUT2D eigenvalue weighted by molar-refractivity contribution is 0.680. The van der Waals surface area contributed by atoms with Crippen LogP contribution in [0, 0.1) is 0 Å². The van der Waals surface area contributed by atoms with Gasteiger partial charge in [0.15, 0.2) is 0 Å². The molecule has 1 atom stereocenters. The van der Waals surface area contributed by atoms with Gasteiger partial charge in [-0.25, -0.2) is 0 Å². The molecule has 1 aromatic rings. The third-order valence-corrected chi connectivity index (χ3v) is 5.02. The SMILES string of the molecule is NCCCS(=O)Cc1sccc1Br. The van der Waals surface area contributed by atoms with Crippen molar-refractivity contribution in [3.05, 3.63) is 20.8 Å². The summed E-state index contributed by atoms with van der Waals surface area (Å²) in [5.41, 5.74) is 5.34. The van der Waals surface area contributed by atoms with E-state index in [2.05, 4.69) is 15.9 Å². The van der Waals surface area contributed by atoms with E-state index in [0.29, 0.717) is 18.1 Å². The lowest BCUT2D eigenvalue weighted by Gasteiger charge is -1.99. The van der Waals surface area contributed by atoms with Gasteiger partial charge in [-0.05, 0) is 40.3 Å². The van der Waals surface area contributed by atoms with Crippen molar-refractivity contribution in [1.82, 2.24) is 0 Å². The first-order chi connectivity index (χ1) is 6.24. The van der Waals surface area contributed by atoms with Crippen molar-refractivity contribution in [3.63, 3.8) is 0 Å². The van der Waals surface area contributed by atoms with Crippen LogP contribution in [0.4, 0.5) is 0 Å². The highest BCUT2D eigenvalue weighted by Crippen LogP contribution is 2.23. The van der Waals surface area contributed by atoms with Gasteiger partial charge >= 0.3 is 0 Å². The second-order valence-electron chi connectivity index (χ2n) is 2.62. The van der Waals surface area contributed by atoms with Gasteiger partial charge in [0.05, 0.1) is 5.75 Å². The van der Waals surface area contributed by atoms with Crippen molar-refractivity contribution in [2.24, 2.45) is 5.73 Å². The molecule has 13 heavy (non-hydrogen) atoms. The van der Waals surface area contributed by atoms with Gasteiger partial charge in [-0.15, -0.1) is 11.3 Å². The van der Waals surface area contributed by atoms with E-state index in [1.165, 1.54) is 0 Å². The number of halogens is 1. The molecule has 0 aliphatic carbocycles. The van der Waals surface area contributed by atoms with E-state index in [0.717, 1.165) is 15.8 Å². The van der Waals surface area contributed by atoms with Crippen LogP contribution in [-0.2, 0) is 16.6 Å². The Labute approximate surface area is 93.1 Å². The molecule has 1 rings (SSSR count). The van der Waals surface area contributed by atoms with Crippen LogP contribution >= 0.6 is 27.3 Å². The van der Waals surface area contributed by atoms with E-state index in [1.807, 2.05) is 11.4 Å². The summed E-state index contributed by atoms with van der Waals surface area (Å²) in [6, 6.07) is 1.99. The third kappa shape index (κ3) is 3.89. The minimum Gasteiger partial charge on any atom is -0.330 e. The maximum Gasteiger partial charge on any atom is 0.0591 e. The highest BCUT2D eigenvalue weighted by atomic mass is 79.9. The Balaban J connectivity index is 2.41. The third-order valence-electron chi connectivity index (χ3n) is 1.56. The van der Waals surface area contributed by atoms with Crippen LogP contribution in [0.15, 0.2) is 15.9 Å². The normalized spacial score (nSPS) is 13.1. The Bertz CT molecular complexity index is 287. The lowest BCUT2D eigenvalue weighted by atomic mass is 10.5. The molecule has 1 heterocycles. The standard InChI is InChI=1S/C8H12BrNOS2/c9-7-2-4-12-8(7)6-13(11)5-1-3-10/h2,4H,1,3,5-6,10H2. The number of thiophene rings is 1. The van der Waals surface area contributed by atoms with Crippen molar-refractivity contribution in [1.29, 1.82) is 0 Å². The Morgan fingerprint density at radius 1 is 1.62 bits per heavy atom. The molecule has 0 radical (unpaired) electrons. The maximum absolute atomic E-state index is 11.5. The Hall–Kier alpha value is 0.290. The van der Waals surface area contributed by atoms with Gasteiger partial charge in [0, 0.05) is 25.9 Å². The van der Waals surface area contributed by atoms with Crippen molar-refractivity contribution in [2.45, 2.75) is 12.2 Å². The zero-order valence-corrected chi connectivity index (χ0v) is 10.4. The Morgan fingerprint density at radius 3 is 2.92 bits per heavy atom. The topological polar surface area (TPSA) is 43.1 Å². The summed E-state index contributed by atoms with van der Waals surface area (Å²) < 4.78 is 12.5. The fourth-order valence-electron chi connectivity index (χ4n) is 0.891. The molecule has 1 aromatic heterocycles. The highest BCUT2D eigenvalue weighted by Gasteiger charge is 2.05. The first-order valence-corrected chi connectivity index (χ1v) is 7.17. The highest BCUT2D eigenvalue weighted by molar-refractivity contribution is 9.10. The van der Waals surface area contributed by atoms with Gasteiger partial charge in [-0.2, -0.15) is 0 Å². The molecule has 0 saturated heterocycles. The second-order valence-corrected chi connectivity index (χ2v) is 6.05. The average molecular weight is 282 g/mol. The molecule has 0 fully saturated rings. The summed E-state index contributed by atoms with van der Waals surface area (Å²) in [5.74, 6) is 1.36. The molecule has 2 nitrogen and oxygen atoms in total. The molecule has 5 heteroatoms. The minimum absolute atomic E-state index is 0.622. The van der Waals surface area contributed by atoms with Crippen LogP contribution < -0.4 is 5.73 Å². The predicted molar refractivity (Wildman–Crippen MR) is 62.4 cm³/mol. The van der Waals surface area contributed by atoms with E-state index < -0.39 is 10.8 Å². The zero-order valence-electron chi connectivity index (χ0n) is 7.16. The number of hydrogen-bond acceptors (Lipinski definition) is 3. The largest absolute Gasteiger partial charge is 0.330 e. The summed E-state index contributed by atoms with van der Waals surface area (Å²) in [4.78, 5) is 1.16. The first-order valence-electron chi connectivity index (χ1n) is 4.01. The summed E-state index contributed by atoms with van der Waals surface area (Å²) in [7, 11) is -0.759. The fraction of sp³-hybridized carbons (Fsp3) is 0.500. The molecular formula is C8H12BrNOS2. The molecule has 0 spiro atoms. The molecule has 74 valence electrons. The van der Waals surface area contributed by atoms with Crippen molar-refractivity contribution >= 4 is 38.1 Å². The molecule has 2 N–H and O–H groups in total.